The summed E-state index contributed by atoms with van der Waals surface area (Å²) < 4.78 is 6.72. The zero-order chi connectivity index (χ0) is 16.2. The van der Waals surface area contributed by atoms with Gasteiger partial charge in [-0.2, -0.15) is 12.1 Å². The van der Waals surface area contributed by atoms with Crippen molar-refractivity contribution in [3.63, 3.8) is 0 Å². The molecular weight excluding hydrogens is 408 g/mol. The Balaban J connectivity index is 0.000000300. The van der Waals surface area contributed by atoms with Gasteiger partial charge in [0.15, 0.2) is 5.43 Å². The first-order valence-electron chi connectivity index (χ1n) is 7.28. The molecule has 3 aromatic carbocycles. The minimum Gasteiger partial charge on any atom is -0.748 e. The van der Waals surface area contributed by atoms with Crippen LogP contribution in [0.1, 0.15) is 5.56 Å². The second-order valence-electron chi connectivity index (χ2n) is 5.21. The van der Waals surface area contributed by atoms with Crippen LogP contribution in [-0.4, -0.2) is 0 Å². The van der Waals surface area contributed by atoms with Gasteiger partial charge < -0.3 is 39.5 Å². The van der Waals surface area contributed by atoms with Crippen molar-refractivity contribution in [2.75, 3.05) is 0 Å². The maximum Gasteiger partial charge on any atom is 0.153 e. The van der Waals surface area contributed by atoms with Crippen LogP contribution in [0.5, 0.6) is 0 Å². The fraction of sp³-hybridized carbons (Fsp3) is 0.0500. The van der Waals surface area contributed by atoms with Crippen LogP contribution in [0, 0.1) is 6.92 Å². The summed E-state index contributed by atoms with van der Waals surface area (Å²) in [4.78, 5) is 12.1. The Bertz CT molecular complexity index is 934. The van der Waals surface area contributed by atoms with Crippen molar-refractivity contribution in [2.24, 2.45) is 0 Å². The van der Waals surface area contributed by atoms with Crippen molar-refractivity contribution >= 4 is 26.9 Å². The van der Waals surface area contributed by atoms with Gasteiger partial charge in [-0.3, -0.25) is 0 Å². The van der Waals surface area contributed by atoms with Crippen LogP contribution in [0.15, 0.2) is 86.5 Å². The van der Waals surface area contributed by atoms with E-state index in [1.165, 1.54) is 0 Å². The third-order valence-corrected chi connectivity index (χ3v) is 4.37. The largest absolute Gasteiger partial charge is 0.748 e. The molecule has 1 aromatic heterocycles. The van der Waals surface area contributed by atoms with Crippen molar-refractivity contribution in [3.05, 3.63) is 93.1 Å². The van der Waals surface area contributed by atoms with Crippen LogP contribution in [-0.2, 0) is 17.1 Å². The monoisotopic (exact) mass is 422 g/mol. The number of benzene rings is 1. The molecule has 0 N–H and O–H groups in total. The second kappa shape index (κ2) is 8.29. The van der Waals surface area contributed by atoms with Crippen LogP contribution in [0.4, 0.5) is 0 Å². The fourth-order valence-electron chi connectivity index (χ4n) is 2.28. The topological polar surface area (TPSA) is 30.2 Å². The van der Waals surface area contributed by atoms with Crippen molar-refractivity contribution < 1.29 is 21.5 Å². The van der Waals surface area contributed by atoms with E-state index in [1.54, 1.807) is 6.07 Å². The van der Waals surface area contributed by atoms with Gasteiger partial charge in [0.05, 0.1) is 11.1 Å². The standard InChI is InChI=1S/C15H10BrO2.C5H5.Fe/c1-9-6-15-11(7-12(9)16)13(17)8-14(18-15)10-4-2-3-5-10;1-2-4-5-3-1;/h2-8H,1H3;1-5H;/q-1;-5;. The summed E-state index contributed by atoms with van der Waals surface area (Å²) in [6.45, 7) is 1.97. The Morgan fingerprint density at radius 1 is 1.00 bits per heavy atom. The molecule has 1 heterocycles. The molecular formula is C20H15BrFeO2-6. The molecule has 0 aliphatic rings. The smallest absolute Gasteiger partial charge is 0.153 e. The molecule has 0 unspecified atom stereocenters. The Morgan fingerprint density at radius 3 is 2.17 bits per heavy atom. The summed E-state index contributed by atoms with van der Waals surface area (Å²) in [6, 6.07) is 22.9. The van der Waals surface area contributed by atoms with Gasteiger partial charge in [-0.1, -0.05) is 21.5 Å². The van der Waals surface area contributed by atoms with E-state index in [-0.39, 0.29) is 22.5 Å². The van der Waals surface area contributed by atoms with E-state index >= 15 is 0 Å². The number of fused-ring (bicyclic) bond motifs is 1. The molecule has 4 rings (SSSR count). The zero-order valence-electron chi connectivity index (χ0n) is 13.0. The molecule has 4 heteroatoms. The van der Waals surface area contributed by atoms with Gasteiger partial charge in [0.1, 0.15) is 5.58 Å². The van der Waals surface area contributed by atoms with Gasteiger partial charge in [-0.15, -0.1) is 12.1 Å². The van der Waals surface area contributed by atoms with Crippen LogP contribution < -0.4 is 5.43 Å². The number of hydrogen-bond donors (Lipinski definition) is 0. The third kappa shape index (κ3) is 4.15. The molecule has 0 aliphatic carbocycles. The number of rotatable bonds is 1. The maximum atomic E-state index is 12.1. The first-order chi connectivity index (χ1) is 11.1. The molecule has 24 heavy (non-hydrogen) atoms. The van der Waals surface area contributed by atoms with Crippen molar-refractivity contribution in [2.45, 2.75) is 6.92 Å². The average Bonchev–Trinajstić information content (AvgIpc) is 3.25. The van der Waals surface area contributed by atoms with Gasteiger partial charge in [0.25, 0.3) is 0 Å². The normalized spacial score (nSPS) is 9.92. The third-order valence-electron chi connectivity index (χ3n) is 3.51. The van der Waals surface area contributed by atoms with Gasteiger partial charge in [-0.25, -0.2) is 0 Å². The Morgan fingerprint density at radius 2 is 1.58 bits per heavy atom. The predicted molar refractivity (Wildman–Crippen MR) is 98.0 cm³/mol. The molecule has 0 saturated heterocycles. The minimum atomic E-state index is -0.0202. The van der Waals surface area contributed by atoms with Gasteiger partial charge in [-0.05, 0) is 30.7 Å². The molecule has 0 spiro atoms. The molecule has 0 aliphatic heterocycles. The molecule has 0 saturated carbocycles. The predicted octanol–water partition coefficient (Wildman–Crippen LogP) is 5.65. The maximum absolute atomic E-state index is 12.1. The Hall–Kier alpha value is -1.87. The molecule has 0 amide bonds. The van der Waals surface area contributed by atoms with Crippen LogP contribution in [0.25, 0.3) is 22.3 Å². The summed E-state index contributed by atoms with van der Waals surface area (Å²) in [7, 11) is 0. The van der Waals surface area contributed by atoms with E-state index in [2.05, 4.69) is 15.9 Å². The molecule has 0 radical (unpaired) electrons. The average molecular weight is 423 g/mol. The van der Waals surface area contributed by atoms with Crippen LogP contribution in [0.3, 0.4) is 0 Å². The summed E-state index contributed by atoms with van der Waals surface area (Å²) in [5.41, 5.74) is 2.58. The summed E-state index contributed by atoms with van der Waals surface area (Å²) in [6.07, 6.45) is 0. The van der Waals surface area contributed by atoms with Crippen molar-refractivity contribution in [1.82, 2.24) is 0 Å². The van der Waals surface area contributed by atoms with Crippen LogP contribution >= 0.6 is 15.9 Å². The minimum absolute atomic E-state index is 0. The Labute approximate surface area is 159 Å². The van der Waals surface area contributed by atoms with E-state index in [1.807, 2.05) is 73.7 Å². The number of hydrogen-bond acceptors (Lipinski definition) is 2. The van der Waals surface area contributed by atoms with E-state index < -0.39 is 0 Å². The van der Waals surface area contributed by atoms with Crippen molar-refractivity contribution in [1.29, 1.82) is 0 Å². The summed E-state index contributed by atoms with van der Waals surface area (Å²) in [5.74, 6) is 0.610. The van der Waals surface area contributed by atoms with E-state index in [0.717, 1.165) is 15.6 Å². The quantitative estimate of drug-likeness (QED) is 0.293. The van der Waals surface area contributed by atoms with Gasteiger partial charge >= 0.3 is 0 Å². The molecule has 4 aromatic rings. The molecule has 128 valence electrons. The van der Waals surface area contributed by atoms with Gasteiger partial charge in [0.2, 0.25) is 0 Å². The molecule has 2 nitrogen and oxygen atoms in total. The summed E-state index contributed by atoms with van der Waals surface area (Å²) in [5, 5.41) is 0.600. The SMILES string of the molecule is Cc1cc2oc(-[c-]3cccc3)cc(=O)c2cc1Br.[Fe].[cH-]1[cH-][cH-][cH-][cH-]1. The number of aryl methyl sites for hydroxylation is 1. The van der Waals surface area contributed by atoms with Crippen LogP contribution in [0.2, 0.25) is 0 Å². The Kier molecular flexibility index (Phi) is 6.38. The van der Waals surface area contributed by atoms with E-state index in [0.29, 0.717) is 16.7 Å². The first kappa shape index (κ1) is 18.5. The zero-order valence-corrected chi connectivity index (χ0v) is 15.7. The summed E-state index contributed by atoms with van der Waals surface area (Å²) >= 11 is 3.43. The fourth-order valence-corrected chi connectivity index (χ4v) is 2.62. The molecule has 0 atom stereocenters. The van der Waals surface area contributed by atoms with Gasteiger partial charge in [0, 0.05) is 21.5 Å². The molecule has 0 bridgehead atoms. The van der Waals surface area contributed by atoms with Crippen molar-refractivity contribution in [3.8, 4) is 11.3 Å². The first-order valence-corrected chi connectivity index (χ1v) is 8.07. The van der Waals surface area contributed by atoms with E-state index in [4.69, 9.17) is 4.42 Å². The molecule has 0 fully saturated rings. The number of halogens is 1. The van der Waals surface area contributed by atoms with E-state index in [9.17, 15) is 4.79 Å². The second-order valence-corrected chi connectivity index (χ2v) is 6.06.